The van der Waals surface area contributed by atoms with E-state index in [4.69, 9.17) is 37.7 Å². The average Bonchev–Trinajstić information content (AvgIpc) is 3.75. The fourth-order valence-electron chi connectivity index (χ4n) is 8.62. The molecule has 11 heteroatoms. The first-order valence-electron chi connectivity index (χ1n) is 18.7. The Hall–Kier alpha value is -3.13. The van der Waals surface area contributed by atoms with E-state index in [1.54, 1.807) is 0 Å². The van der Waals surface area contributed by atoms with Crippen LogP contribution in [0.25, 0.3) is 0 Å². The van der Waals surface area contributed by atoms with E-state index in [-0.39, 0.29) is 6.61 Å². The standard InChI is InChI=1S/C40H51Cl2N7O2/c1-40(2,33-19-29(21-43)38(37(42)20-33)50-18-12-41)32-3-5-36(6-4-32)51-27-34-9-15-45-39(46-34)49-25-30-23-48(24-31(30)26-49)35-10-16-47(17-11-35)22-28-7-13-44-14-8-28/h3-6,9,15,19-20,28,30-31,35,44H,7-8,10-14,16-18,22-27H2,1-2H3/t30-,31?/m1/s1. The molecule has 1 unspecified atom stereocenters. The van der Waals surface area contributed by atoms with Crippen LogP contribution in [0, 0.1) is 29.1 Å². The summed E-state index contributed by atoms with van der Waals surface area (Å²) in [6, 6.07) is 16.7. The van der Waals surface area contributed by atoms with Gasteiger partial charge in [0.1, 0.15) is 25.0 Å². The Balaban J connectivity index is 0.895. The van der Waals surface area contributed by atoms with Crippen molar-refractivity contribution in [3.05, 3.63) is 76.1 Å². The number of benzene rings is 2. The van der Waals surface area contributed by atoms with Gasteiger partial charge in [-0.3, -0.25) is 4.90 Å². The second-order valence-electron chi connectivity index (χ2n) is 15.4. The molecule has 3 aromatic rings. The number of likely N-dealkylation sites (tertiary alicyclic amines) is 2. The average molecular weight is 733 g/mol. The molecule has 4 aliphatic rings. The van der Waals surface area contributed by atoms with Crippen LogP contribution in [0.2, 0.25) is 5.02 Å². The Bertz CT molecular complexity index is 1650. The first-order valence-corrected chi connectivity index (χ1v) is 19.6. The predicted molar refractivity (Wildman–Crippen MR) is 203 cm³/mol. The first-order chi connectivity index (χ1) is 24.8. The molecular formula is C40H51Cl2N7O2. The number of nitriles is 1. The van der Waals surface area contributed by atoms with Crippen molar-refractivity contribution in [2.45, 2.75) is 57.6 Å². The molecule has 2 atom stereocenters. The summed E-state index contributed by atoms with van der Waals surface area (Å²) in [6.45, 7) is 15.6. The van der Waals surface area contributed by atoms with Crippen molar-refractivity contribution in [2.24, 2.45) is 17.8 Å². The van der Waals surface area contributed by atoms with E-state index in [2.05, 4.69) is 57.0 Å². The molecule has 4 saturated heterocycles. The van der Waals surface area contributed by atoms with E-state index in [1.807, 2.05) is 36.5 Å². The quantitative estimate of drug-likeness (QED) is 0.214. The van der Waals surface area contributed by atoms with Crippen molar-refractivity contribution in [2.75, 3.05) is 76.3 Å². The monoisotopic (exact) mass is 731 g/mol. The van der Waals surface area contributed by atoms with Crippen LogP contribution < -0.4 is 19.7 Å². The Morgan fingerprint density at radius 2 is 1.67 bits per heavy atom. The summed E-state index contributed by atoms with van der Waals surface area (Å²) in [4.78, 5) is 17.5. The summed E-state index contributed by atoms with van der Waals surface area (Å²) in [5, 5.41) is 13.7. The van der Waals surface area contributed by atoms with E-state index in [1.165, 1.54) is 71.5 Å². The van der Waals surface area contributed by atoms with Crippen LogP contribution in [0.15, 0.2) is 48.7 Å². The summed E-state index contributed by atoms with van der Waals surface area (Å²) >= 11 is 12.3. The number of rotatable bonds is 12. The molecule has 5 heterocycles. The van der Waals surface area contributed by atoms with Gasteiger partial charge in [-0.1, -0.05) is 37.6 Å². The lowest BCUT2D eigenvalue weighted by molar-refractivity contribution is 0.105. The van der Waals surface area contributed by atoms with Gasteiger partial charge < -0.3 is 24.6 Å². The van der Waals surface area contributed by atoms with Crippen molar-refractivity contribution < 1.29 is 9.47 Å². The Labute approximate surface area is 313 Å². The van der Waals surface area contributed by atoms with Crippen LogP contribution >= 0.6 is 23.2 Å². The van der Waals surface area contributed by atoms with Gasteiger partial charge in [0.2, 0.25) is 5.95 Å². The molecule has 1 aromatic heterocycles. The fraction of sp³-hybridized carbons (Fsp3) is 0.575. The number of hydrogen-bond acceptors (Lipinski definition) is 9. The third-order valence-corrected chi connectivity index (χ3v) is 12.2. The number of nitrogens with zero attached hydrogens (tertiary/aromatic N) is 6. The lowest BCUT2D eigenvalue weighted by atomic mass is 9.77. The summed E-state index contributed by atoms with van der Waals surface area (Å²) in [6.07, 6.45) is 7.17. The number of ether oxygens (including phenoxy) is 2. The number of aromatic nitrogens is 2. The number of alkyl halides is 1. The minimum atomic E-state index is -0.407. The highest BCUT2D eigenvalue weighted by Gasteiger charge is 2.43. The van der Waals surface area contributed by atoms with Crippen molar-refractivity contribution in [3.8, 4) is 17.6 Å². The second kappa shape index (κ2) is 16.3. The molecule has 272 valence electrons. The van der Waals surface area contributed by atoms with Crippen LogP contribution in [-0.2, 0) is 12.0 Å². The largest absolute Gasteiger partial charge is 0.489 e. The van der Waals surface area contributed by atoms with Gasteiger partial charge in [0.05, 0.1) is 22.2 Å². The number of hydrogen-bond donors (Lipinski definition) is 1. The van der Waals surface area contributed by atoms with Crippen LogP contribution in [-0.4, -0.2) is 97.2 Å². The first kappa shape index (κ1) is 36.2. The van der Waals surface area contributed by atoms with Gasteiger partial charge >= 0.3 is 0 Å². The minimum absolute atomic E-state index is 0.285. The Morgan fingerprint density at radius 3 is 2.35 bits per heavy atom. The molecule has 4 aliphatic heterocycles. The molecule has 0 saturated carbocycles. The maximum Gasteiger partial charge on any atom is 0.225 e. The molecule has 0 aliphatic carbocycles. The Kier molecular flexibility index (Phi) is 11.6. The van der Waals surface area contributed by atoms with Gasteiger partial charge in [-0.25, -0.2) is 9.97 Å². The Morgan fingerprint density at radius 1 is 0.941 bits per heavy atom. The maximum absolute atomic E-state index is 9.75. The molecule has 0 radical (unpaired) electrons. The van der Waals surface area contributed by atoms with E-state index < -0.39 is 5.41 Å². The van der Waals surface area contributed by atoms with Gasteiger partial charge in [-0.2, -0.15) is 5.26 Å². The molecule has 0 bridgehead atoms. The van der Waals surface area contributed by atoms with E-state index >= 15 is 0 Å². The fourth-order valence-corrected chi connectivity index (χ4v) is 8.97. The summed E-state index contributed by atoms with van der Waals surface area (Å²) in [5.41, 5.74) is 2.86. The third-order valence-electron chi connectivity index (χ3n) is 11.7. The topological polar surface area (TPSA) is 89.8 Å². The number of piperidine rings is 2. The van der Waals surface area contributed by atoms with Crippen molar-refractivity contribution in [3.63, 3.8) is 0 Å². The lowest BCUT2D eigenvalue weighted by Crippen LogP contribution is -2.46. The van der Waals surface area contributed by atoms with Gasteiger partial charge in [-0.15, -0.1) is 11.6 Å². The lowest BCUT2D eigenvalue weighted by Gasteiger charge is -2.39. The molecule has 7 rings (SSSR count). The van der Waals surface area contributed by atoms with E-state index in [9.17, 15) is 5.26 Å². The molecule has 9 nitrogen and oxygen atoms in total. The van der Waals surface area contributed by atoms with Gasteiger partial charge in [0, 0.05) is 50.4 Å². The van der Waals surface area contributed by atoms with E-state index in [0.717, 1.165) is 53.6 Å². The highest BCUT2D eigenvalue weighted by atomic mass is 35.5. The molecule has 1 N–H and O–H groups in total. The zero-order chi connectivity index (χ0) is 35.4. The van der Waals surface area contributed by atoms with Gasteiger partial charge in [0.15, 0.2) is 5.75 Å². The van der Waals surface area contributed by atoms with E-state index in [0.29, 0.717) is 40.7 Å². The highest BCUT2D eigenvalue weighted by Crippen LogP contribution is 2.39. The van der Waals surface area contributed by atoms with Crippen molar-refractivity contribution in [1.82, 2.24) is 25.1 Å². The summed E-state index contributed by atoms with van der Waals surface area (Å²) < 4.78 is 11.8. The molecule has 0 spiro atoms. The van der Waals surface area contributed by atoms with Crippen molar-refractivity contribution in [1.29, 1.82) is 5.26 Å². The van der Waals surface area contributed by atoms with Crippen LogP contribution in [0.1, 0.15) is 61.9 Å². The number of fused-ring (bicyclic) bond motifs is 1. The van der Waals surface area contributed by atoms with Crippen molar-refractivity contribution >= 4 is 29.2 Å². The van der Waals surface area contributed by atoms with Gasteiger partial charge in [0.25, 0.3) is 0 Å². The number of nitrogens with one attached hydrogen (secondary N) is 1. The molecule has 2 aromatic carbocycles. The summed E-state index contributed by atoms with van der Waals surface area (Å²) in [7, 11) is 0. The SMILES string of the molecule is CC(C)(c1ccc(OCc2ccnc(N3CC4CN(C5CCN(CC6CCNCC6)CC5)C[C@@H]4C3)n2)cc1)c1cc(Cl)c(OCCCl)c(C#N)c1. The normalized spacial score (nSPS) is 22.2. The molecule has 4 fully saturated rings. The second-order valence-corrected chi connectivity index (χ2v) is 16.2. The number of halogens is 2. The van der Waals surface area contributed by atoms with Crippen LogP contribution in [0.3, 0.4) is 0 Å². The van der Waals surface area contributed by atoms with Gasteiger partial charge in [-0.05, 0) is 111 Å². The smallest absolute Gasteiger partial charge is 0.225 e. The highest BCUT2D eigenvalue weighted by molar-refractivity contribution is 6.32. The third kappa shape index (κ3) is 8.42. The maximum atomic E-state index is 9.75. The molecular weight excluding hydrogens is 681 g/mol. The van der Waals surface area contributed by atoms with Crippen LogP contribution in [0.5, 0.6) is 11.5 Å². The number of anilines is 1. The zero-order valence-corrected chi connectivity index (χ0v) is 31.5. The predicted octanol–water partition coefficient (Wildman–Crippen LogP) is 6.36. The minimum Gasteiger partial charge on any atom is -0.489 e. The zero-order valence-electron chi connectivity index (χ0n) is 30.0. The van der Waals surface area contributed by atoms with Crippen LogP contribution in [0.4, 0.5) is 5.95 Å². The molecule has 0 amide bonds. The molecule has 51 heavy (non-hydrogen) atoms. The summed E-state index contributed by atoms with van der Waals surface area (Å²) in [5.74, 6) is 4.54.